The molecular formula is C16H12N2O2. The van der Waals surface area contributed by atoms with E-state index in [0.717, 1.165) is 11.1 Å². The molecule has 0 atom stereocenters. The monoisotopic (exact) mass is 264 g/mol. The number of benzene rings is 2. The van der Waals surface area contributed by atoms with Crippen molar-refractivity contribution in [1.29, 1.82) is 0 Å². The maximum atomic E-state index is 12.2. The molecule has 0 aliphatic carbocycles. The molecule has 0 saturated heterocycles. The molecule has 98 valence electrons. The smallest absolute Gasteiger partial charge is 0.289 e. The summed E-state index contributed by atoms with van der Waals surface area (Å²) in [5, 5.41) is 7.74. The molecule has 4 nitrogen and oxygen atoms in total. The van der Waals surface area contributed by atoms with E-state index in [4.69, 9.17) is 4.42 Å². The molecule has 1 heterocycles. The molecule has 1 aromatic heterocycles. The molecule has 3 aromatic rings. The van der Waals surface area contributed by atoms with Gasteiger partial charge in [-0.2, -0.15) is 0 Å². The van der Waals surface area contributed by atoms with Gasteiger partial charge in [0.15, 0.2) is 0 Å². The highest BCUT2D eigenvalue weighted by molar-refractivity contribution is 6.05. The maximum Gasteiger partial charge on any atom is 0.289 e. The summed E-state index contributed by atoms with van der Waals surface area (Å²) in [5.41, 5.74) is 2.43. The summed E-state index contributed by atoms with van der Waals surface area (Å²) < 4.78 is 5.44. The number of aryl methyl sites for hydroxylation is 1. The molecule has 0 saturated carbocycles. The van der Waals surface area contributed by atoms with E-state index in [9.17, 15) is 4.79 Å². The van der Waals surface area contributed by atoms with E-state index < -0.39 is 0 Å². The van der Waals surface area contributed by atoms with Crippen LogP contribution in [0.15, 0.2) is 59.0 Å². The van der Waals surface area contributed by atoms with Crippen molar-refractivity contribution in [3.05, 3.63) is 71.6 Å². The fraction of sp³-hybridized carbons (Fsp3) is 0.0625. The van der Waals surface area contributed by atoms with Crippen molar-refractivity contribution in [3.8, 4) is 11.5 Å². The van der Waals surface area contributed by atoms with E-state index >= 15 is 0 Å². The van der Waals surface area contributed by atoms with Crippen molar-refractivity contribution in [3.63, 3.8) is 0 Å². The van der Waals surface area contributed by atoms with E-state index in [1.165, 1.54) is 0 Å². The van der Waals surface area contributed by atoms with Gasteiger partial charge in [0.05, 0.1) is 0 Å². The molecule has 20 heavy (non-hydrogen) atoms. The van der Waals surface area contributed by atoms with E-state index in [0.29, 0.717) is 11.5 Å². The van der Waals surface area contributed by atoms with Crippen molar-refractivity contribution in [2.75, 3.05) is 0 Å². The molecular weight excluding hydrogens is 252 g/mol. The Morgan fingerprint density at radius 2 is 1.65 bits per heavy atom. The lowest BCUT2D eigenvalue weighted by molar-refractivity contribution is 0.100. The average Bonchev–Trinajstić information content (AvgIpc) is 2.98. The van der Waals surface area contributed by atoms with Crippen molar-refractivity contribution < 1.29 is 9.21 Å². The zero-order valence-electron chi connectivity index (χ0n) is 10.9. The zero-order chi connectivity index (χ0) is 13.9. The number of nitrogens with zero attached hydrogens (tertiary/aromatic N) is 2. The maximum absolute atomic E-state index is 12.2. The second-order valence-corrected chi connectivity index (χ2v) is 4.47. The van der Waals surface area contributed by atoms with Crippen molar-refractivity contribution in [1.82, 2.24) is 10.2 Å². The largest absolute Gasteiger partial charge is 0.413 e. The lowest BCUT2D eigenvalue weighted by Crippen LogP contribution is -2.01. The van der Waals surface area contributed by atoms with Crippen LogP contribution in [0.2, 0.25) is 0 Å². The number of hydrogen-bond donors (Lipinski definition) is 0. The lowest BCUT2D eigenvalue weighted by atomic mass is 10.1. The highest BCUT2D eigenvalue weighted by Gasteiger charge is 2.17. The van der Waals surface area contributed by atoms with Gasteiger partial charge in [-0.15, -0.1) is 10.2 Å². The van der Waals surface area contributed by atoms with Gasteiger partial charge in [-0.05, 0) is 19.1 Å². The van der Waals surface area contributed by atoms with E-state index in [1.54, 1.807) is 12.1 Å². The van der Waals surface area contributed by atoms with Crippen molar-refractivity contribution >= 4 is 5.78 Å². The Balaban J connectivity index is 1.90. The molecule has 0 unspecified atom stereocenters. The predicted molar refractivity (Wildman–Crippen MR) is 74.3 cm³/mol. The van der Waals surface area contributed by atoms with Gasteiger partial charge < -0.3 is 4.42 Å². The third kappa shape index (κ3) is 2.36. The minimum atomic E-state index is -0.264. The molecule has 0 amide bonds. The third-order valence-electron chi connectivity index (χ3n) is 2.95. The van der Waals surface area contributed by atoms with Crippen LogP contribution in [0.4, 0.5) is 0 Å². The van der Waals surface area contributed by atoms with Crippen LogP contribution >= 0.6 is 0 Å². The molecule has 4 heteroatoms. The molecule has 3 rings (SSSR count). The van der Waals surface area contributed by atoms with Crippen LogP contribution in [-0.4, -0.2) is 16.0 Å². The van der Waals surface area contributed by atoms with Crippen LogP contribution in [0.5, 0.6) is 0 Å². The molecule has 0 fully saturated rings. The number of aromatic nitrogens is 2. The van der Waals surface area contributed by atoms with Crippen molar-refractivity contribution in [2.45, 2.75) is 6.92 Å². The normalized spacial score (nSPS) is 10.4. The Morgan fingerprint density at radius 3 is 2.35 bits per heavy atom. The lowest BCUT2D eigenvalue weighted by Gasteiger charge is -1.97. The Morgan fingerprint density at radius 1 is 0.950 bits per heavy atom. The topological polar surface area (TPSA) is 56.0 Å². The summed E-state index contributed by atoms with van der Waals surface area (Å²) >= 11 is 0. The number of ketones is 1. The summed E-state index contributed by atoms with van der Waals surface area (Å²) in [6, 6.07) is 16.6. The van der Waals surface area contributed by atoms with Gasteiger partial charge >= 0.3 is 0 Å². The first-order valence-electron chi connectivity index (χ1n) is 6.24. The van der Waals surface area contributed by atoms with Gasteiger partial charge in [-0.3, -0.25) is 4.79 Å². The Labute approximate surface area is 116 Å². The van der Waals surface area contributed by atoms with Gasteiger partial charge in [0.25, 0.3) is 5.89 Å². The minimum absolute atomic E-state index is 0.00714. The van der Waals surface area contributed by atoms with Gasteiger partial charge in [-0.1, -0.05) is 48.0 Å². The van der Waals surface area contributed by atoms with Crippen LogP contribution in [-0.2, 0) is 0 Å². The fourth-order valence-corrected chi connectivity index (χ4v) is 1.84. The van der Waals surface area contributed by atoms with Gasteiger partial charge in [0, 0.05) is 11.1 Å². The zero-order valence-corrected chi connectivity index (χ0v) is 10.9. The average molecular weight is 264 g/mol. The quantitative estimate of drug-likeness (QED) is 0.681. The number of carbonyl (C=O) groups is 1. The highest BCUT2D eigenvalue weighted by Crippen LogP contribution is 2.18. The Kier molecular flexibility index (Phi) is 3.13. The van der Waals surface area contributed by atoms with Crippen LogP contribution < -0.4 is 0 Å². The second kappa shape index (κ2) is 5.09. The van der Waals surface area contributed by atoms with Crippen molar-refractivity contribution in [2.24, 2.45) is 0 Å². The predicted octanol–water partition coefficient (Wildman–Crippen LogP) is 3.28. The van der Waals surface area contributed by atoms with Crippen LogP contribution in [0.25, 0.3) is 11.5 Å². The SMILES string of the molecule is Cc1ccc(C(=O)c2nnc(-c3ccccc3)o2)cc1. The third-order valence-corrected chi connectivity index (χ3v) is 2.95. The Hall–Kier alpha value is -2.75. The summed E-state index contributed by atoms with van der Waals surface area (Å²) in [5.74, 6) is 0.0912. The van der Waals surface area contributed by atoms with E-state index in [-0.39, 0.29) is 11.7 Å². The van der Waals surface area contributed by atoms with Gasteiger partial charge in [0.2, 0.25) is 11.7 Å². The molecule has 2 aromatic carbocycles. The molecule has 0 bridgehead atoms. The fourth-order valence-electron chi connectivity index (χ4n) is 1.84. The first kappa shape index (κ1) is 12.3. The molecule has 0 N–H and O–H groups in total. The second-order valence-electron chi connectivity index (χ2n) is 4.47. The van der Waals surface area contributed by atoms with Gasteiger partial charge in [0.1, 0.15) is 0 Å². The molecule has 0 aliphatic rings. The summed E-state index contributed by atoms with van der Waals surface area (Å²) in [7, 11) is 0. The number of rotatable bonds is 3. The Bertz CT molecular complexity index is 731. The van der Waals surface area contributed by atoms with Gasteiger partial charge in [-0.25, -0.2) is 0 Å². The molecule has 0 radical (unpaired) electrons. The standard InChI is InChI=1S/C16H12N2O2/c1-11-7-9-12(10-8-11)14(19)16-18-17-15(20-16)13-5-3-2-4-6-13/h2-10H,1H3. The minimum Gasteiger partial charge on any atom is -0.413 e. The summed E-state index contributed by atoms with van der Waals surface area (Å²) in [4.78, 5) is 12.2. The molecule has 0 spiro atoms. The van der Waals surface area contributed by atoms with Crippen LogP contribution in [0.3, 0.4) is 0 Å². The number of carbonyl (C=O) groups excluding carboxylic acids is 1. The highest BCUT2D eigenvalue weighted by atomic mass is 16.4. The number of hydrogen-bond acceptors (Lipinski definition) is 4. The molecule has 0 aliphatic heterocycles. The first-order chi connectivity index (χ1) is 9.74. The van der Waals surface area contributed by atoms with Crippen LogP contribution in [0.1, 0.15) is 21.8 Å². The van der Waals surface area contributed by atoms with Crippen LogP contribution in [0, 0.1) is 6.92 Å². The van der Waals surface area contributed by atoms with E-state index in [1.807, 2.05) is 49.4 Å². The summed E-state index contributed by atoms with van der Waals surface area (Å²) in [6.07, 6.45) is 0. The van der Waals surface area contributed by atoms with E-state index in [2.05, 4.69) is 10.2 Å². The summed E-state index contributed by atoms with van der Waals surface area (Å²) in [6.45, 7) is 1.97. The first-order valence-corrected chi connectivity index (χ1v) is 6.24.